The monoisotopic (exact) mass is 519 g/mol. The number of fused-ring (bicyclic) bond motifs is 1. The van der Waals surface area contributed by atoms with E-state index in [9.17, 15) is 13.2 Å². The van der Waals surface area contributed by atoms with E-state index in [1.165, 1.54) is 4.31 Å². The van der Waals surface area contributed by atoms with E-state index in [1.54, 1.807) is 20.1 Å². The van der Waals surface area contributed by atoms with Gasteiger partial charge in [0.2, 0.25) is 15.9 Å². The van der Waals surface area contributed by atoms with E-state index in [0.29, 0.717) is 34.9 Å². The molecular weight excluding hydrogens is 478 g/mol. The summed E-state index contributed by atoms with van der Waals surface area (Å²) in [4.78, 5) is 15.2. The van der Waals surface area contributed by atoms with Crippen LogP contribution in [0, 0.1) is 26.7 Å². The number of benzene rings is 1. The van der Waals surface area contributed by atoms with Crippen molar-refractivity contribution in [3.63, 3.8) is 0 Å². The molecule has 1 aromatic carbocycles. The van der Waals surface area contributed by atoms with Gasteiger partial charge in [-0.05, 0) is 68.0 Å². The molecular formula is C27H41N3O5S. The van der Waals surface area contributed by atoms with Crippen molar-refractivity contribution in [3.8, 4) is 5.75 Å². The average molecular weight is 520 g/mol. The number of sulfonamides is 1. The van der Waals surface area contributed by atoms with E-state index < -0.39 is 10.0 Å². The summed E-state index contributed by atoms with van der Waals surface area (Å²) in [5.74, 6) is 0.748. The SMILES string of the molecule is CCC1c2cccn2CCN1C(=O)COCCN(CC(C)C)S(=O)(=O)c1c(C)cc(OC)c(C)c1C. The number of nitrogens with zero attached hydrogens (tertiary/aromatic N) is 3. The molecule has 0 saturated carbocycles. The zero-order valence-electron chi connectivity index (χ0n) is 22.7. The van der Waals surface area contributed by atoms with Crippen molar-refractivity contribution in [2.45, 2.75) is 65.4 Å². The van der Waals surface area contributed by atoms with Crippen LogP contribution in [0.2, 0.25) is 0 Å². The number of ether oxygens (including phenoxy) is 2. The maximum Gasteiger partial charge on any atom is 0.249 e. The van der Waals surface area contributed by atoms with E-state index in [0.717, 1.165) is 24.2 Å². The van der Waals surface area contributed by atoms with Crippen LogP contribution >= 0.6 is 0 Å². The van der Waals surface area contributed by atoms with Gasteiger partial charge in [0, 0.05) is 38.1 Å². The fourth-order valence-electron chi connectivity index (χ4n) is 5.08. The van der Waals surface area contributed by atoms with Crippen molar-refractivity contribution >= 4 is 15.9 Å². The Kier molecular flexibility index (Phi) is 9.24. The zero-order chi connectivity index (χ0) is 26.6. The number of carbonyl (C=O) groups is 1. The highest BCUT2D eigenvalue weighted by Gasteiger charge is 2.31. The third kappa shape index (κ3) is 5.79. The maximum absolute atomic E-state index is 13.8. The Morgan fingerprint density at radius 3 is 2.56 bits per heavy atom. The van der Waals surface area contributed by atoms with Crippen molar-refractivity contribution in [3.05, 3.63) is 46.8 Å². The predicted octanol–water partition coefficient (Wildman–Crippen LogP) is 4.08. The summed E-state index contributed by atoms with van der Waals surface area (Å²) in [5, 5.41) is 0. The highest BCUT2D eigenvalue weighted by atomic mass is 32.2. The summed E-state index contributed by atoms with van der Waals surface area (Å²) in [6.07, 6.45) is 2.88. The van der Waals surface area contributed by atoms with Gasteiger partial charge in [0.05, 0.1) is 24.7 Å². The number of hydrogen-bond donors (Lipinski definition) is 0. The molecule has 8 nitrogen and oxygen atoms in total. The fraction of sp³-hybridized carbons (Fsp3) is 0.593. The van der Waals surface area contributed by atoms with Gasteiger partial charge < -0.3 is 18.9 Å². The molecule has 1 aliphatic heterocycles. The normalized spacial score (nSPS) is 16.0. The minimum atomic E-state index is -3.77. The third-order valence-corrected chi connectivity index (χ3v) is 9.10. The van der Waals surface area contributed by atoms with Gasteiger partial charge in [-0.25, -0.2) is 8.42 Å². The van der Waals surface area contributed by atoms with E-state index >= 15 is 0 Å². The molecule has 200 valence electrons. The van der Waals surface area contributed by atoms with Crippen LogP contribution in [0.25, 0.3) is 0 Å². The van der Waals surface area contributed by atoms with Gasteiger partial charge in [-0.1, -0.05) is 20.8 Å². The van der Waals surface area contributed by atoms with Gasteiger partial charge in [-0.2, -0.15) is 4.31 Å². The van der Waals surface area contributed by atoms with Crippen LogP contribution in [-0.4, -0.2) is 68.1 Å². The Hall–Kier alpha value is -2.36. The van der Waals surface area contributed by atoms with Crippen molar-refractivity contribution in [1.29, 1.82) is 0 Å². The van der Waals surface area contributed by atoms with Crippen molar-refractivity contribution in [1.82, 2.24) is 13.8 Å². The zero-order valence-corrected chi connectivity index (χ0v) is 23.5. The Morgan fingerprint density at radius 2 is 1.92 bits per heavy atom. The van der Waals surface area contributed by atoms with Crippen LogP contribution in [0.5, 0.6) is 5.75 Å². The molecule has 1 aromatic heterocycles. The number of hydrogen-bond acceptors (Lipinski definition) is 5. The maximum atomic E-state index is 13.8. The number of aromatic nitrogens is 1. The summed E-state index contributed by atoms with van der Waals surface area (Å²) in [5.41, 5.74) is 3.30. The topological polar surface area (TPSA) is 81.1 Å². The Morgan fingerprint density at radius 1 is 1.19 bits per heavy atom. The van der Waals surface area contributed by atoms with Crippen LogP contribution in [0.3, 0.4) is 0 Å². The summed E-state index contributed by atoms with van der Waals surface area (Å²) in [6, 6.07) is 5.89. The summed E-state index contributed by atoms with van der Waals surface area (Å²) in [6.45, 7) is 13.6. The Labute approximate surface area is 216 Å². The minimum absolute atomic E-state index is 0.0342. The van der Waals surface area contributed by atoms with Gasteiger partial charge in [0.1, 0.15) is 12.4 Å². The van der Waals surface area contributed by atoms with Gasteiger partial charge in [0.25, 0.3) is 0 Å². The number of amides is 1. The van der Waals surface area contributed by atoms with Crippen LogP contribution in [0.15, 0.2) is 29.3 Å². The molecule has 0 spiro atoms. The van der Waals surface area contributed by atoms with E-state index in [4.69, 9.17) is 9.47 Å². The molecule has 1 aliphatic rings. The molecule has 0 N–H and O–H groups in total. The van der Waals surface area contributed by atoms with Gasteiger partial charge in [-0.3, -0.25) is 4.79 Å². The second kappa shape index (κ2) is 11.8. The molecule has 2 heterocycles. The van der Waals surface area contributed by atoms with Gasteiger partial charge >= 0.3 is 0 Å². The van der Waals surface area contributed by atoms with Crippen LogP contribution in [-0.2, 0) is 26.1 Å². The molecule has 3 rings (SSSR count). The Balaban J connectivity index is 1.69. The highest BCUT2D eigenvalue weighted by molar-refractivity contribution is 7.89. The second-order valence-corrected chi connectivity index (χ2v) is 11.8. The minimum Gasteiger partial charge on any atom is -0.496 e. The summed E-state index contributed by atoms with van der Waals surface area (Å²) >= 11 is 0. The molecule has 2 aromatic rings. The van der Waals surface area contributed by atoms with Crippen molar-refractivity contribution < 1.29 is 22.7 Å². The lowest BCUT2D eigenvalue weighted by Gasteiger charge is -2.36. The van der Waals surface area contributed by atoms with Crippen molar-refractivity contribution in [2.24, 2.45) is 5.92 Å². The molecule has 9 heteroatoms. The lowest BCUT2D eigenvalue weighted by Crippen LogP contribution is -2.43. The highest BCUT2D eigenvalue weighted by Crippen LogP contribution is 2.33. The molecule has 0 fully saturated rings. The fourth-order valence-corrected chi connectivity index (χ4v) is 7.15. The number of aryl methyl sites for hydroxylation is 1. The largest absolute Gasteiger partial charge is 0.496 e. The summed E-state index contributed by atoms with van der Waals surface area (Å²) < 4.78 is 42.4. The lowest BCUT2D eigenvalue weighted by atomic mass is 10.1. The van der Waals surface area contributed by atoms with E-state index in [2.05, 4.69) is 17.6 Å². The van der Waals surface area contributed by atoms with E-state index in [-0.39, 0.29) is 37.6 Å². The third-order valence-electron chi connectivity index (χ3n) is 6.95. The molecule has 36 heavy (non-hydrogen) atoms. The summed E-state index contributed by atoms with van der Waals surface area (Å²) in [7, 11) is -2.18. The second-order valence-electron chi connectivity index (χ2n) is 9.92. The standard InChI is InChI=1S/C27H41N3O5S/c1-8-23-24-10-9-11-28(24)12-13-30(23)26(31)18-35-15-14-29(17-19(2)3)36(32,33)27-20(4)16-25(34-7)21(5)22(27)6/h9-11,16,19,23H,8,12-15,17-18H2,1-7H3. The first-order valence-electron chi connectivity index (χ1n) is 12.7. The van der Waals surface area contributed by atoms with Crippen LogP contribution in [0.4, 0.5) is 0 Å². The smallest absolute Gasteiger partial charge is 0.249 e. The first-order chi connectivity index (χ1) is 17.0. The lowest BCUT2D eigenvalue weighted by molar-refractivity contribution is -0.140. The molecule has 0 saturated heterocycles. The quantitative estimate of drug-likeness (QED) is 0.418. The predicted molar refractivity (Wildman–Crippen MR) is 141 cm³/mol. The van der Waals surface area contributed by atoms with Gasteiger partial charge in [-0.15, -0.1) is 0 Å². The molecule has 0 aliphatic carbocycles. The van der Waals surface area contributed by atoms with Gasteiger partial charge in [0.15, 0.2) is 0 Å². The molecule has 1 atom stereocenters. The average Bonchev–Trinajstić information content (AvgIpc) is 3.31. The number of methoxy groups -OCH3 is 1. The van der Waals surface area contributed by atoms with E-state index in [1.807, 2.05) is 44.9 Å². The van der Waals surface area contributed by atoms with Crippen molar-refractivity contribution in [2.75, 3.05) is 40.0 Å². The Bertz CT molecular complexity index is 1170. The molecule has 0 bridgehead atoms. The van der Waals surface area contributed by atoms with Crippen LogP contribution in [0.1, 0.15) is 55.6 Å². The first kappa shape index (κ1) is 28.2. The number of carbonyl (C=O) groups excluding carboxylic acids is 1. The van der Waals surface area contributed by atoms with Crippen LogP contribution < -0.4 is 4.74 Å². The number of rotatable bonds is 11. The molecule has 0 radical (unpaired) electrons. The molecule has 1 unspecified atom stereocenters. The molecule has 1 amide bonds. The first-order valence-corrected chi connectivity index (χ1v) is 14.1.